The molecule has 0 saturated heterocycles. The van der Waals surface area contributed by atoms with E-state index in [1.54, 1.807) is 12.3 Å². The molecule has 1 aromatic heterocycles. The van der Waals surface area contributed by atoms with Crippen LogP contribution in [-0.4, -0.2) is 54.7 Å². The lowest BCUT2D eigenvalue weighted by Gasteiger charge is -2.46. The Morgan fingerprint density at radius 1 is 1.22 bits per heavy atom. The molecule has 3 aliphatic carbocycles. The van der Waals surface area contributed by atoms with Crippen LogP contribution in [0.25, 0.3) is 17.0 Å². The molecule has 10 heteroatoms. The highest BCUT2D eigenvalue weighted by Gasteiger charge is 2.60. The highest BCUT2D eigenvalue weighted by Crippen LogP contribution is 2.53. The molecule has 9 nitrogen and oxygen atoms in total. The van der Waals surface area contributed by atoms with E-state index in [2.05, 4.69) is 4.98 Å². The van der Waals surface area contributed by atoms with Gasteiger partial charge in [-0.25, -0.2) is 0 Å². The number of carbonyl (C=O) groups is 3. The molecule has 1 fully saturated rings. The first kappa shape index (κ1) is 24.1. The van der Waals surface area contributed by atoms with Gasteiger partial charge in [-0.05, 0) is 48.8 Å². The normalized spacial score (nSPS) is 25.4. The number of aliphatic hydroxyl groups excluding tert-OH is 2. The summed E-state index contributed by atoms with van der Waals surface area (Å²) in [4.78, 5) is 42.4. The number of fused-ring (bicyclic) bond motifs is 3. The number of rotatable bonds is 4. The zero-order chi connectivity index (χ0) is 25.9. The molecule has 0 bridgehead atoms. The monoisotopic (exact) mass is 508 g/mol. The smallest absolute Gasteiger partial charge is 0.255 e. The second kappa shape index (κ2) is 8.49. The van der Waals surface area contributed by atoms with Crippen molar-refractivity contribution in [3.8, 4) is 17.0 Å². The molecule has 0 radical (unpaired) electrons. The van der Waals surface area contributed by atoms with Crippen molar-refractivity contribution in [1.82, 2.24) is 4.98 Å². The number of hydrogen-bond acceptors (Lipinski definition) is 9. The Kier molecular flexibility index (Phi) is 5.68. The summed E-state index contributed by atoms with van der Waals surface area (Å²) in [6.45, 7) is 0. The Balaban J connectivity index is 1.75. The van der Waals surface area contributed by atoms with E-state index in [4.69, 9.17) is 5.73 Å². The molecular formula is C26H24N2O7S. The third-order valence-corrected chi connectivity index (χ3v) is 7.98. The zero-order valence-electron chi connectivity index (χ0n) is 19.3. The van der Waals surface area contributed by atoms with Crippen LogP contribution in [0.2, 0.25) is 0 Å². The number of aliphatic hydroxyl groups is 3. The minimum atomic E-state index is -2.58. The van der Waals surface area contributed by atoms with Gasteiger partial charge in [-0.2, -0.15) is 11.8 Å². The third-order valence-electron chi connectivity index (χ3n) is 7.38. The van der Waals surface area contributed by atoms with E-state index >= 15 is 0 Å². The largest absolute Gasteiger partial charge is 0.508 e. The summed E-state index contributed by atoms with van der Waals surface area (Å²) in [6, 6.07) is 7.23. The standard InChI is InChI=1S/C26H24N2O7S/c1-36-10-12-8-14(16-4-2-3-5-28-16)15-7-11-6-13-9-17(29)20(25(27)34)24(33)26(13,35)23(32)18(11)22(31)19(15)21(12)30/h2-5,8,11,13,30-31,33,35H,6-7,9-10H2,1H3,(H2,27,34). The number of hydrogen-bond donors (Lipinski definition) is 5. The fourth-order valence-electron chi connectivity index (χ4n) is 5.76. The van der Waals surface area contributed by atoms with Crippen molar-refractivity contribution >= 4 is 35.0 Å². The molecule has 1 heterocycles. The predicted octanol–water partition coefficient (Wildman–Crippen LogP) is 2.35. The number of ketones is 2. The lowest BCUT2D eigenvalue weighted by Crippen LogP contribution is -2.58. The number of amides is 1. The lowest BCUT2D eigenvalue weighted by molar-refractivity contribution is -0.147. The van der Waals surface area contributed by atoms with Gasteiger partial charge in [-0.3, -0.25) is 19.4 Å². The van der Waals surface area contributed by atoms with E-state index in [0.717, 1.165) is 0 Å². The highest BCUT2D eigenvalue weighted by molar-refractivity contribution is 7.97. The average molecular weight is 509 g/mol. The van der Waals surface area contributed by atoms with Crippen molar-refractivity contribution < 1.29 is 34.8 Å². The SMILES string of the molecule is CSCc1cc(-c2ccccn2)c2c(c1O)C(O)=C1C(=O)C3(O)C(O)=C(C(N)=O)C(=O)CC3CC1C2. The Hall–Kier alpha value is -3.63. The van der Waals surface area contributed by atoms with Gasteiger partial charge < -0.3 is 26.2 Å². The first-order valence-electron chi connectivity index (χ1n) is 11.4. The second-order valence-corrected chi connectivity index (χ2v) is 10.2. The predicted molar refractivity (Wildman–Crippen MR) is 132 cm³/mol. The van der Waals surface area contributed by atoms with Crippen LogP contribution in [0.15, 0.2) is 47.4 Å². The molecule has 0 spiro atoms. The Bertz CT molecular complexity index is 1400. The number of carbonyl (C=O) groups excluding carboxylic acids is 3. The van der Waals surface area contributed by atoms with E-state index in [1.165, 1.54) is 11.8 Å². The van der Waals surface area contributed by atoms with Gasteiger partial charge in [0.2, 0.25) is 5.78 Å². The number of nitrogens with zero attached hydrogens (tertiary/aromatic N) is 1. The molecule has 2 aromatic rings. The molecule has 1 aromatic carbocycles. The van der Waals surface area contributed by atoms with Crippen molar-refractivity contribution in [1.29, 1.82) is 0 Å². The fraction of sp³-hybridized carbons (Fsp3) is 0.308. The van der Waals surface area contributed by atoms with Crippen molar-refractivity contribution in [3.63, 3.8) is 0 Å². The summed E-state index contributed by atoms with van der Waals surface area (Å²) in [7, 11) is 0. The summed E-state index contributed by atoms with van der Waals surface area (Å²) < 4.78 is 0. The molecule has 186 valence electrons. The summed E-state index contributed by atoms with van der Waals surface area (Å²) in [5.74, 6) is -5.94. The van der Waals surface area contributed by atoms with Crippen LogP contribution in [0, 0.1) is 11.8 Å². The van der Waals surface area contributed by atoms with Crippen LogP contribution < -0.4 is 5.73 Å². The van der Waals surface area contributed by atoms with E-state index in [1.807, 2.05) is 24.5 Å². The van der Waals surface area contributed by atoms with E-state index in [-0.39, 0.29) is 36.1 Å². The molecule has 3 aliphatic rings. The van der Waals surface area contributed by atoms with Gasteiger partial charge in [0.25, 0.3) is 5.91 Å². The molecule has 5 rings (SSSR count). The van der Waals surface area contributed by atoms with Gasteiger partial charge >= 0.3 is 0 Å². The van der Waals surface area contributed by atoms with Gasteiger partial charge in [0.05, 0.1) is 11.3 Å². The molecule has 3 atom stereocenters. The number of primary amides is 1. The first-order valence-corrected chi connectivity index (χ1v) is 12.8. The fourth-order valence-corrected chi connectivity index (χ4v) is 6.29. The zero-order valence-corrected chi connectivity index (χ0v) is 20.1. The Morgan fingerprint density at radius 2 is 1.97 bits per heavy atom. The molecule has 1 saturated carbocycles. The van der Waals surface area contributed by atoms with E-state index in [0.29, 0.717) is 28.1 Å². The molecule has 6 N–H and O–H groups in total. The van der Waals surface area contributed by atoms with Crippen LogP contribution in [0.4, 0.5) is 0 Å². The topological polar surface area (TPSA) is 171 Å². The summed E-state index contributed by atoms with van der Waals surface area (Å²) in [5, 5.41) is 44.6. The van der Waals surface area contributed by atoms with Crippen molar-refractivity contribution in [3.05, 3.63) is 64.1 Å². The van der Waals surface area contributed by atoms with Crippen LogP contribution in [0.3, 0.4) is 0 Å². The number of aromatic hydroxyl groups is 1. The molecule has 1 amide bonds. The van der Waals surface area contributed by atoms with Crippen molar-refractivity contribution in [2.24, 2.45) is 17.6 Å². The average Bonchev–Trinajstić information content (AvgIpc) is 2.83. The first-order chi connectivity index (χ1) is 17.1. The third kappa shape index (κ3) is 3.28. The molecule has 0 aliphatic heterocycles. The Morgan fingerprint density at radius 3 is 2.61 bits per heavy atom. The van der Waals surface area contributed by atoms with E-state index < -0.39 is 52.0 Å². The highest BCUT2D eigenvalue weighted by atomic mass is 32.2. The maximum Gasteiger partial charge on any atom is 0.255 e. The van der Waals surface area contributed by atoms with Crippen LogP contribution in [0.1, 0.15) is 29.5 Å². The molecule has 3 unspecified atom stereocenters. The summed E-state index contributed by atoms with van der Waals surface area (Å²) in [5.41, 5.74) is 4.23. The van der Waals surface area contributed by atoms with Gasteiger partial charge in [0.15, 0.2) is 11.4 Å². The number of Topliss-reactive ketones (excluding diaryl/α,β-unsaturated/α-hetero) is 2. The number of phenolic OH excluding ortho intramolecular Hbond substituents is 1. The summed E-state index contributed by atoms with van der Waals surface area (Å²) in [6.07, 6.45) is 3.46. The number of aromatic nitrogens is 1. The Labute approximate surface area is 210 Å². The van der Waals surface area contributed by atoms with Crippen LogP contribution >= 0.6 is 11.8 Å². The van der Waals surface area contributed by atoms with Crippen LogP contribution in [0.5, 0.6) is 5.75 Å². The summed E-state index contributed by atoms with van der Waals surface area (Å²) >= 11 is 1.47. The maximum absolute atomic E-state index is 13.7. The molecular weight excluding hydrogens is 484 g/mol. The minimum Gasteiger partial charge on any atom is -0.508 e. The quantitative estimate of drug-likeness (QED) is 0.389. The van der Waals surface area contributed by atoms with Crippen molar-refractivity contribution in [2.45, 2.75) is 30.6 Å². The van der Waals surface area contributed by atoms with E-state index in [9.17, 15) is 34.8 Å². The van der Waals surface area contributed by atoms with Crippen molar-refractivity contribution in [2.75, 3.05) is 6.26 Å². The van der Waals surface area contributed by atoms with Crippen LogP contribution in [-0.2, 0) is 26.6 Å². The van der Waals surface area contributed by atoms with Gasteiger partial charge in [0.1, 0.15) is 22.8 Å². The number of benzene rings is 1. The van der Waals surface area contributed by atoms with Gasteiger partial charge in [0, 0.05) is 41.0 Å². The minimum absolute atomic E-state index is 0.0781. The van der Waals surface area contributed by atoms with Gasteiger partial charge in [-0.15, -0.1) is 0 Å². The maximum atomic E-state index is 13.7. The molecule has 36 heavy (non-hydrogen) atoms. The number of pyridine rings is 1. The number of phenols is 1. The second-order valence-electron chi connectivity index (χ2n) is 9.34. The number of thioether (sulfide) groups is 1. The van der Waals surface area contributed by atoms with Gasteiger partial charge in [-0.1, -0.05) is 6.07 Å². The number of nitrogens with two attached hydrogens (primary N) is 1. The lowest BCUT2D eigenvalue weighted by atomic mass is 9.59.